The van der Waals surface area contributed by atoms with Crippen LogP contribution in [0, 0.1) is 0 Å². The predicted molar refractivity (Wildman–Crippen MR) is 146 cm³/mol. The molecule has 0 spiro atoms. The largest absolute Gasteiger partial charge is 0.456 e. The third-order valence-corrected chi connectivity index (χ3v) is 8.47. The van der Waals surface area contributed by atoms with Gasteiger partial charge in [0.05, 0.1) is 17.4 Å². The van der Waals surface area contributed by atoms with Crippen LogP contribution in [0.25, 0.3) is 0 Å². The highest BCUT2D eigenvalue weighted by molar-refractivity contribution is 7.89. The molecule has 10 heteroatoms. The minimum Gasteiger partial charge on any atom is -0.456 e. The number of amides is 2. The molecule has 1 atom stereocenters. The van der Waals surface area contributed by atoms with E-state index in [0.29, 0.717) is 18.7 Å². The highest BCUT2D eigenvalue weighted by atomic mass is 32.2. The standard InChI is InChI=1S/C29H31N3O6S/c1-21(33)30-24-12-14-25(15-13-24)39(36,37)32-17-16-23-10-6-7-11-26(23)27(32)18-29(35)38-20-28(34)31(2)19-22-8-4-3-5-9-22/h3-15,27H,16-20H2,1-2H3,(H,30,33)/t27-/m0/s1. The first-order valence-corrected chi connectivity index (χ1v) is 14.0. The van der Waals surface area contributed by atoms with Gasteiger partial charge in [0.25, 0.3) is 5.91 Å². The molecule has 0 aliphatic carbocycles. The fraction of sp³-hybridized carbons (Fsp3) is 0.276. The predicted octanol–water partition coefficient (Wildman–Crippen LogP) is 3.53. The zero-order valence-corrected chi connectivity index (χ0v) is 22.7. The molecule has 0 aromatic heterocycles. The highest BCUT2D eigenvalue weighted by Crippen LogP contribution is 2.36. The Balaban J connectivity index is 1.48. The zero-order valence-electron chi connectivity index (χ0n) is 21.9. The lowest BCUT2D eigenvalue weighted by molar-refractivity contribution is -0.152. The number of rotatable bonds is 9. The molecule has 1 aliphatic rings. The van der Waals surface area contributed by atoms with E-state index in [1.807, 2.05) is 48.5 Å². The van der Waals surface area contributed by atoms with Gasteiger partial charge in [0, 0.05) is 32.7 Å². The first kappa shape index (κ1) is 28.0. The Morgan fingerprint density at radius 3 is 2.33 bits per heavy atom. The molecular weight excluding hydrogens is 518 g/mol. The lowest BCUT2D eigenvalue weighted by Crippen LogP contribution is -2.41. The maximum atomic E-state index is 13.7. The number of esters is 1. The number of fused-ring (bicyclic) bond motifs is 1. The van der Waals surface area contributed by atoms with Crippen LogP contribution in [0.2, 0.25) is 0 Å². The number of hydrogen-bond donors (Lipinski definition) is 1. The van der Waals surface area contributed by atoms with Crippen LogP contribution >= 0.6 is 0 Å². The number of likely N-dealkylation sites (N-methyl/N-ethyl adjacent to an activating group) is 1. The second-order valence-electron chi connectivity index (χ2n) is 9.39. The molecule has 3 aromatic rings. The quantitative estimate of drug-likeness (QED) is 0.409. The molecular formula is C29H31N3O6S. The number of nitrogens with one attached hydrogen (secondary N) is 1. The number of anilines is 1. The van der Waals surface area contributed by atoms with Crippen LogP contribution in [0.4, 0.5) is 5.69 Å². The normalized spacial score (nSPS) is 15.2. The summed E-state index contributed by atoms with van der Waals surface area (Å²) in [7, 11) is -2.36. The summed E-state index contributed by atoms with van der Waals surface area (Å²) in [6.45, 7) is 1.49. The molecule has 0 saturated carbocycles. The topological polar surface area (TPSA) is 113 Å². The molecule has 204 valence electrons. The highest BCUT2D eigenvalue weighted by Gasteiger charge is 2.38. The van der Waals surface area contributed by atoms with Crippen molar-refractivity contribution < 1.29 is 27.5 Å². The number of ether oxygens (including phenoxy) is 1. The lowest BCUT2D eigenvalue weighted by Gasteiger charge is -2.36. The molecule has 1 aliphatic heterocycles. The van der Waals surface area contributed by atoms with Gasteiger partial charge in [-0.05, 0) is 47.4 Å². The number of carbonyl (C=O) groups excluding carboxylic acids is 3. The summed E-state index contributed by atoms with van der Waals surface area (Å²) in [6, 6.07) is 22.0. The molecule has 0 unspecified atom stereocenters. The van der Waals surface area contributed by atoms with Gasteiger partial charge in [0.15, 0.2) is 6.61 Å². The third kappa shape index (κ3) is 6.90. The smallest absolute Gasteiger partial charge is 0.308 e. The van der Waals surface area contributed by atoms with Gasteiger partial charge >= 0.3 is 5.97 Å². The van der Waals surface area contributed by atoms with Gasteiger partial charge in [-0.3, -0.25) is 14.4 Å². The maximum Gasteiger partial charge on any atom is 0.308 e. The second-order valence-corrected chi connectivity index (χ2v) is 11.3. The first-order chi connectivity index (χ1) is 18.6. The molecule has 0 fully saturated rings. The van der Waals surface area contributed by atoms with E-state index in [-0.39, 0.29) is 29.7 Å². The van der Waals surface area contributed by atoms with Gasteiger partial charge in [0.2, 0.25) is 15.9 Å². The van der Waals surface area contributed by atoms with E-state index in [1.54, 1.807) is 13.1 Å². The van der Waals surface area contributed by atoms with Crippen LogP contribution in [0.5, 0.6) is 0 Å². The molecule has 4 rings (SSSR count). The van der Waals surface area contributed by atoms with Gasteiger partial charge in [0.1, 0.15) is 0 Å². The van der Waals surface area contributed by atoms with Gasteiger partial charge in [-0.2, -0.15) is 4.31 Å². The molecule has 1 heterocycles. The van der Waals surface area contributed by atoms with E-state index in [4.69, 9.17) is 4.74 Å². The van der Waals surface area contributed by atoms with Crippen LogP contribution in [-0.4, -0.2) is 55.6 Å². The summed E-state index contributed by atoms with van der Waals surface area (Å²) in [5.41, 5.74) is 3.12. The molecule has 0 bridgehead atoms. The number of benzene rings is 3. The molecule has 0 saturated heterocycles. The van der Waals surface area contributed by atoms with Crippen molar-refractivity contribution >= 4 is 33.5 Å². The first-order valence-electron chi connectivity index (χ1n) is 12.6. The van der Waals surface area contributed by atoms with Crippen molar-refractivity contribution in [3.05, 3.63) is 95.6 Å². The summed E-state index contributed by atoms with van der Waals surface area (Å²) in [6.07, 6.45) is 0.254. The second kappa shape index (κ2) is 12.2. The Morgan fingerprint density at radius 1 is 0.974 bits per heavy atom. The molecule has 0 radical (unpaired) electrons. The lowest BCUT2D eigenvalue weighted by atomic mass is 9.92. The minimum atomic E-state index is -3.99. The van der Waals surface area contributed by atoms with E-state index in [1.165, 1.54) is 40.4 Å². The van der Waals surface area contributed by atoms with Crippen LogP contribution < -0.4 is 5.32 Å². The molecule has 39 heavy (non-hydrogen) atoms. The Morgan fingerprint density at radius 2 is 1.64 bits per heavy atom. The van der Waals surface area contributed by atoms with Crippen molar-refractivity contribution in [3.8, 4) is 0 Å². The van der Waals surface area contributed by atoms with Gasteiger partial charge in [-0.15, -0.1) is 0 Å². The Labute approximate surface area is 228 Å². The van der Waals surface area contributed by atoms with Crippen molar-refractivity contribution in [3.63, 3.8) is 0 Å². The fourth-order valence-electron chi connectivity index (χ4n) is 4.59. The van der Waals surface area contributed by atoms with Crippen LogP contribution in [0.1, 0.15) is 36.1 Å². The number of hydrogen-bond acceptors (Lipinski definition) is 6. The van der Waals surface area contributed by atoms with Crippen LogP contribution in [0.15, 0.2) is 83.8 Å². The number of carbonyl (C=O) groups is 3. The van der Waals surface area contributed by atoms with Gasteiger partial charge < -0.3 is 15.0 Å². The van der Waals surface area contributed by atoms with Crippen molar-refractivity contribution in [2.75, 3.05) is 25.5 Å². The Bertz CT molecular complexity index is 1440. The van der Waals surface area contributed by atoms with Crippen molar-refractivity contribution in [1.82, 2.24) is 9.21 Å². The van der Waals surface area contributed by atoms with E-state index < -0.39 is 28.6 Å². The summed E-state index contributed by atoms with van der Waals surface area (Å²) in [5.74, 6) is -1.29. The molecule has 1 N–H and O–H groups in total. The molecule has 9 nitrogen and oxygen atoms in total. The molecule has 3 aromatic carbocycles. The third-order valence-electron chi connectivity index (χ3n) is 6.55. The Hall–Kier alpha value is -4.02. The van der Waals surface area contributed by atoms with E-state index >= 15 is 0 Å². The number of sulfonamides is 1. The summed E-state index contributed by atoms with van der Waals surface area (Å²) < 4.78 is 34.0. The van der Waals surface area contributed by atoms with Crippen molar-refractivity contribution in [1.29, 1.82) is 0 Å². The van der Waals surface area contributed by atoms with Gasteiger partial charge in [-0.1, -0.05) is 54.6 Å². The van der Waals surface area contributed by atoms with Crippen molar-refractivity contribution in [2.24, 2.45) is 0 Å². The summed E-state index contributed by atoms with van der Waals surface area (Å²) >= 11 is 0. The Kier molecular flexibility index (Phi) is 8.78. The fourth-order valence-corrected chi connectivity index (χ4v) is 6.20. The maximum absolute atomic E-state index is 13.7. The van der Waals surface area contributed by atoms with Gasteiger partial charge in [-0.25, -0.2) is 8.42 Å². The van der Waals surface area contributed by atoms with E-state index in [0.717, 1.165) is 16.7 Å². The average Bonchev–Trinajstić information content (AvgIpc) is 2.92. The monoisotopic (exact) mass is 549 g/mol. The summed E-state index contributed by atoms with van der Waals surface area (Å²) in [5, 5.41) is 2.62. The molecule has 2 amide bonds. The average molecular weight is 550 g/mol. The minimum absolute atomic E-state index is 0.0482. The zero-order chi connectivity index (χ0) is 28.0. The van der Waals surface area contributed by atoms with E-state index in [2.05, 4.69) is 5.32 Å². The number of nitrogens with zero attached hydrogens (tertiary/aromatic N) is 2. The van der Waals surface area contributed by atoms with Crippen LogP contribution in [-0.2, 0) is 42.1 Å². The SMILES string of the molecule is CC(=O)Nc1ccc(S(=O)(=O)N2CCc3ccccc3[C@@H]2CC(=O)OCC(=O)N(C)Cc2ccccc2)cc1. The van der Waals surface area contributed by atoms with Crippen molar-refractivity contribution in [2.45, 2.75) is 37.2 Å². The van der Waals surface area contributed by atoms with Crippen LogP contribution in [0.3, 0.4) is 0 Å². The summed E-state index contributed by atoms with van der Waals surface area (Å²) in [4.78, 5) is 38.3. The van der Waals surface area contributed by atoms with E-state index in [9.17, 15) is 22.8 Å².